The van der Waals surface area contributed by atoms with E-state index in [1.54, 1.807) is 6.08 Å². The van der Waals surface area contributed by atoms with Crippen LogP contribution in [0.5, 0.6) is 0 Å². The maximum absolute atomic E-state index is 10.6. The van der Waals surface area contributed by atoms with E-state index in [0.717, 1.165) is 47.2 Å². The summed E-state index contributed by atoms with van der Waals surface area (Å²) in [7, 11) is 0. The van der Waals surface area contributed by atoms with Crippen LogP contribution in [0, 0.1) is 0 Å². The van der Waals surface area contributed by atoms with Crippen molar-refractivity contribution in [1.29, 1.82) is 0 Å². The van der Waals surface area contributed by atoms with Crippen molar-refractivity contribution in [2.24, 2.45) is 0 Å². The Balaban J connectivity index is 1.77. The highest BCUT2D eigenvalue weighted by Gasteiger charge is 2.07. The first-order valence-electron chi connectivity index (χ1n) is 8.82. The van der Waals surface area contributed by atoms with Gasteiger partial charge in [0.1, 0.15) is 5.82 Å². The molecule has 0 bridgehead atoms. The van der Waals surface area contributed by atoms with E-state index in [0.29, 0.717) is 6.42 Å². The first-order valence-corrected chi connectivity index (χ1v) is 8.82. The minimum Gasteiger partial charge on any atom is -0.478 e. The number of hydrogen-bond donors (Lipinski definition) is 2. The second kappa shape index (κ2) is 7.87. The number of carboxylic acids is 1. The molecule has 5 nitrogen and oxygen atoms in total. The van der Waals surface area contributed by atoms with Gasteiger partial charge in [0.15, 0.2) is 0 Å². The molecule has 0 fully saturated rings. The van der Waals surface area contributed by atoms with Crippen LogP contribution in [0.25, 0.3) is 17.1 Å². The Morgan fingerprint density at radius 3 is 2.54 bits per heavy atom. The molecule has 134 valence electrons. The maximum atomic E-state index is 10.6. The summed E-state index contributed by atoms with van der Waals surface area (Å²) < 4.78 is 0. The van der Waals surface area contributed by atoms with Crippen LogP contribution in [0.3, 0.4) is 0 Å². The zero-order valence-corrected chi connectivity index (χ0v) is 15.1. The van der Waals surface area contributed by atoms with Crippen molar-refractivity contribution >= 4 is 28.8 Å². The van der Waals surface area contributed by atoms with Crippen molar-refractivity contribution in [2.45, 2.75) is 20.3 Å². The van der Waals surface area contributed by atoms with Crippen LogP contribution in [-0.2, 0) is 11.2 Å². The fourth-order valence-electron chi connectivity index (χ4n) is 3.03. The summed E-state index contributed by atoms with van der Waals surface area (Å²) in [5, 5.41) is 8.68. The smallest absolute Gasteiger partial charge is 0.328 e. The van der Waals surface area contributed by atoms with E-state index in [9.17, 15) is 4.79 Å². The number of aliphatic carboxylic acids is 1. The van der Waals surface area contributed by atoms with Crippen molar-refractivity contribution in [3.63, 3.8) is 0 Å². The van der Waals surface area contributed by atoms with Crippen molar-refractivity contribution in [3.05, 3.63) is 65.5 Å². The van der Waals surface area contributed by atoms with Gasteiger partial charge in [-0.25, -0.2) is 9.78 Å². The van der Waals surface area contributed by atoms with Gasteiger partial charge in [-0.3, -0.25) is 0 Å². The summed E-state index contributed by atoms with van der Waals surface area (Å²) in [6, 6.07) is 14.1. The molecule has 0 atom stereocenters. The number of aromatic amines is 1. The molecule has 2 N–H and O–H groups in total. The topological polar surface area (TPSA) is 69.2 Å². The van der Waals surface area contributed by atoms with Crippen LogP contribution in [0.2, 0.25) is 0 Å². The molecule has 0 radical (unpaired) electrons. The molecule has 2 aromatic carbocycles. The van der Waals surface area contributed by atoms with Gasteiger partial charge in [0.2, 0.25) is 0 Å². The Labute approximate surface area is 153 Å². The molecule has 5 heteroatoms. The average molecular weight is 349 g/mol. The summed E-state index contributed by atoms with van der Waals surface area (Å²) in [6.07, 6.45) is 3.43. The molecule has 0 amide bonds. The molecule has 1 heterocycles. The van der Waals surface area contributed by atoms with Gasteiger partial charge in [0.05, 0.1) is 11.0 Å². The molecule has 0 saturated carbocycles. The standard InChI is InChI=1S/C21H23N3O2/c1-3-24(4-2)17-10-11-18-19(14-17)23-20(22-18)13-16-7-5-15(6-8-16)9-12-21(25)26/h5-12,14H,3-4,13H2,1-2H3,(H,22,23)(H,25,26). The number of hydrogen-bond acceptors (Lipinski definition) is 3. The molecule has 0 aliphatic carbocycles. The van der Waals surface area contributed by atoms with Crippen LogP contribution in [0.4, 0.5) is 5.69 Å². The SMILES string of the molecule is CCN(CC)c1ccc2nc(Cc3ccc(C=CC(=O)O)cc3)[nH]c2c1. The number of carbonyl (C=O) groups is 1. The van der Waals surface area contributed by atoms with E-state index in [1.807, 2.05) is 24.3 Å². The van der Waals surface area contributed by atoms with Gasteiger partial charge in [-0.15, -0.1) is 0 Å². The second-order valence-electron chi connectivity index (χ2n) is 6.15. The Kier molecular flexibility index (Phi) is 5.37. The lowest BCUT2D eigenvalue weighted by atomic mass is 10.1. The third-order valence-corrected chi connectivity index (χ3v) is 4.41. The molecular formula is C21H23N3O2. The van der Waals surface area contributed by atoms with Crippen LogP contribution >= 0.6 is 0 Å². The quantitative estimate of drug-likeness (QED) is 0.630. The summed E-state index contributed by atoms with van der Waals surface area (Å²) >= 11 is 0. The minimum atomic E-state index is -0.944. The van der Waals surface area contributed by atoms with Crippen LogP contribution < -0.4 is 4.90 Å². The van der Waals surface area contributed by atoms with E-state index in [1.165, 1.54) is 5.69 Å². The summed E-state index contributed by atoms with van der Waals surface area (Å²) in [5.74, 6) is -0.0223. The van der Waals surface area contributed by atoms with E-state index >= 15 is 0 Å². The highest BCUT2D eigenvalue weighted by molar-refractivity contribution is 5.85. The zero-order chi connectivity index (χ0) is 18.5. The van der Waals surface area contributed by atoms with Gasteiger partial charge in [-0.1, -0.05) is 24.3 Å². The fraction of sp³-hybridized carbons (Fsp3) is 0.238. The van der Waals surface area contributed by atoms with Gasteiger partial charge in [-0.2, -0.15) is 0 Å². The first kappa shape index (κ1) is 17.7. The summed E-state index contributed by atoms with van der Waals surface area (Å²) in [5.41, 5.74) is 5.21. The maximum Gasteiger partial charge on any atom is 0.328 e. The fourth-order valence-corrected chi connectivity index (χ4v) is 3.03. The van der Waals surface area contributed by atoms with E-state index in [-0.39, 0.29) is 0 Å². The first-order chi connectivity index (χ1) is 12.6. The lowest BCUT2D eigenvalue weighted by molar-refractivity contribution is -0.131. The molecule has 0 aliphatic heterocycles. The summed E-state index contributed by atoms with van der Waals surface area (Å²) in [4.78, 5) is 21.0. The Bertz CT molecular complexity index is 922. The number of aromatic nitrogens is 2. The zero-order valence-electron chi connectivity index (χ0n) is 15.1. The van der Waals surface area contributed by atoms with Crippen molar-refractivity contribution in [3.8, 4) is 0 Å². The number of imidazole rings is 1. The number of rotatable bonds is 7. The van der Waals surface area contributed by atoms with Crippen LogP contribution in [0.15, 0.2) is 48.5 Å². The van der Waals surface area contributed by atoms with E-state index < -0.39 is 5.97 Å². The molecule has 3 aromatic rings. The second-order valence-corrected chi connectivity index (χ2v) is 6.15. The predicted octanol–water partition coefficient (Wildman–Crippen LogP) is 4.10. The molecule has 0 aliphatic rings. The normalized spacial score (nSPS) is 11.3. The number of nitrogens with zero attached hydrogens (tertiary/aromatic N) is 2. The van der Waals surface area contributed by atoms with E-state index in [2.05, 4.69) is 46.9 Å². The van der Waals surface area contributed by atoms with Crippen molar-refractivity contribution in [2.75, 3.05) is 18.0 Å². The Morgan fingerprint density at radius 1 is 1.15 bits per heavy atom. The number of H-pyrrole nitrogens is 1. The molecular weight excluding hydrogens is 326 g/mol. The minimum absolute atomic E-state index is 0.707. The van der Waals surface area contributed by atoms with Crippen LogP contribution in [-0.4, -0.2) is 34.1 Å². The number of nitrogens with one attached hydrogen (secondary N) is 1. The highest BCUT2D eigenvalue weighted by Crippen LogP contribution is 2.21. The van der Waals surface area contributed by atoms with Crippen molar-refractivity contribution < 1.29 is 9.90 Å². The van der Waals surface area contributed by atoms with Crippen molar-refractivity contribution in [1.82, 2.24) is 9.97 Å². The molecule has 3 rings (SSSR count). The predicted molar refractivity (Wildman–Crippen MR) is 106 cm³/mol. The van der Waals surface area contributed by atoms with Gasteiger partial charge >= 0.3 is 5.97 Å². The number of fused-ring (bicyclic) bond motifs is 1. The van der Waals surface area contributed by atoms with Gasteiger partial charge in [-0.05, 0) is 49.2 Å². The largest absolute Gasteiger partial charge is 0.478 e. The average Bonchev–Trinajstić information content (AvgIpc) is 3.03. The Hall–Kier alpha value is -3.08. The molecule has 0 saturated heterocycles. The van der Waals surface area contributed by atoms with Gasteiger partial charge in [0, 0.05) is 31.3 Å². The Morgan fingerprint density at radius 2 is 1.88 bits per heavy atom. The lowest BCUT2D eigenvalue weighted by Crippen LogP contribution is -2.21. The molecule has 26 heavy (non-hydrogen) atoms. The number of anilines is 1. The summed E-state index contributed by atoms with van der Waals surface area (Å²) in [6.45, 7) is 6.26. The lowest BCUT2D eigenvalue weighted by Gasteiger charge is -2.20. The third kappa shape index (κ3) is 4.11. The third-order valence-electron chi connectivity index (χ3n) is 4.41. The monoisotopic (exact) mass is 349 g/mol. The number of carboxylic acid groups (broad SMARTS) is 1. The molecule has 0 unspecified atom stereocenters. The number of benzene rings is 2. The molecule has 1 aromatic heterocycles. The van der Waals surface area contributed by atoms with Gasteiger partial charge < -0.3 is 15.0 Å². The highest BCUT2D eigenvalue weighted by atomic mass is 16.4. The van der Waals surface area contributed by atoms with E-state index in [4.69, 9.17) is 5.11 Å². The molecule has 0 spiro atoms. The van der Waals surface area contributed by atoms with Crippen LogP contribution in [0.1, 0.15) is 30.8 Å². The van der Waals surface area contributed by atoms with Gasteiger partial charge in [0.25, 0.3) is 0 Å².